The molecule has 0 amide bonds. The van der Waals surface area contributed by atoms with E-state index in [-0.39, 0.29) is 5.69 Å². The van der Waals surface area contributed by atoms with E-state index in [4.69, 9.17) is 28.9 Å². The SMILES string of the molecule is Nc1ccc(-c2c(Cl)cccc2Cl)cc1F. The first-order valence-corrected chi connectivity index (χ1v) is 5.34. The summed E-state index contributed by atoms with van der Waals surface area (Å²) in [6.45, 7) is 0. The van der Waals surface area contributed by atoms with E-state index in [9.17, 15) is 4.39 Å². The normalized spacial score (nSPS) is 10.4. The van der Waals surface area contributed by atoms with Gasteiger partial charge in [-0.1, -0.05) is 35.3 Å². The maximum absolute atomic E-state index is 13.3. The molecule has 2 rings (SSSR count). The highest BCUT2D eigenvalue weighted by atomic mass is 35.5. The summed E-state index contributed by atoms with van der Waals surface area (Å²) in [5.41, 5.74) is 6.73. The zero-order chi connectivity index (χ0) is 11.7. The highest BCUT2D eigenvalue weighted by Gasteiger charge is 2.09. The van der Waals surface area contributed by atoms with Crippen LogP contribution in [0, 0.1) is 5.82 Å². The lowest BCUT2D eigenvalue weighted by atomic mass is 10.1. The van der Waals surface area contributed by atoms with Gasteiger partial charge in [-0.25, -0.2) is 4.39 Å². The molecule has 2 N–H and O–H groups in total. The summed E-state index contributed by atoms with van der Waals surface area (Å²) in [6.07, 6.45) is 0. The van der Waals surface area contributed by atoms with Crippen LogP contribution in [-0.2, 0) is 0 Å². The first-order valence-electron chi connectivity index (χ1n) is 4.59. The molecule has 0 spiro atoms. The standard InChI is InChI=1S/C12H8Cl2FN/c13-8-2-1-3-9(14)12(8)7-4-5-11(16)10(15)6-7/h1-6H,16H2. The van der Waals surface area contributed by atoms with E-state index in [1.165, 1.54) is 12.1 Å². The van der Waals surface area contributed by atoms with Gasteiger partial charge >= 0.3 is 0 Å². The van der Waals surface area contributed by atoms with Crippen LogP contribution in [-0.4, -0.2) is 0 Å². The third-order valence-corrected chi connectivity index (χ3v) is 2.88. The van der Waals surface area contributed by atoms with Crippen LogP contribution in [0.2, 0.25) is 10.0 Å². The predicted octanol–water partition coefficient (Wildman–Crippen LogP) is 4.38. The molecule has 0 aromatic heterocycles. The smallest absolute Gasteiger partial charge is 0.146 e. The predicted molar refractivity (Wildman–Crippen MR) is 66.3 cm³/mol. The van der Waals surface area contributed by atoms with E-state index >= 15 is 0 Å². The quantitative estimate of drug-likeness (QED) is 0.752. The summed E-state index contributed by atoms with van der Waals surface area (Å²) in [6, 6.07) is 9.65. The van der Waals surface area contributed by atoms with Crippen molar-refractivity contribution in [1.29, 1.82) is 0 Å². The molecule has 0 fully saturated rings. The maximum Gasteiger partial charge on any atom is 0.146 e. The first kappa shape index (κ1) is 11.2. The number of hydrogen-bond acceptors (Lipinski definition) is 1. The van der Waals surface area contributed by atoms with Gasteiger partial charge in [-0.2, -0.15) is 0 Å². The molecule has 4 heteroatoms. The lowest BCUT2D eigenvalue weighted by Crippen LogP contribution is -1.91. The molecule has 0 aliphatic rings. The second-order valence-electron chi connectivity index (χ2n) is 3.33. The van der Waals surface area contributed by atoms with Crippen molar-refractivity contribution in [1.82, 2.24) is 0 Å². The third-order valence-electron chi connectivity index (χ3n) is 2.25. The van der Waals surface area contributed by atoms with E-state index in [2.05, 4.69) is 0 Å². The summed E-state index contributed by atoms with van der Waals surface area (Å²) < 4.78 is 13.3. The average Bonchev–Trinajstić information content (AvgIpc) is 2.23. The number of benzene rings is 2. The summed E-state index contributed by atoms with van der Waals surface area (Å²) >= 11 is 12.0. The monoisotopic (exact) mass is 255 g/mol. The van der Waals surface area contributed by atoms with Crippen LogP contribution in [0.1, 0.15) is 0 Å². The zero-order valence-electron chi connectivity index (χ0n) is 8.18. The molecule has 16 heavy (non-hydrogen) atoms. The number of rotatable bonds is 1. The van der Waals surface area contributed by atoms with Gasteiger partial charge in [-0.05, 0) is 29.8 Å². The molecule has 82 valence electrons. The molecule has 0 heterocycles. The summed E-state index contributed by atoms with van der Waals surface area (Å²) in [7, 11) is 0. The van der Waals surface area contributed by atoms with Gasteiger partial charge in [-0.3, -0.25) is 0 Å². The molecule has 2 aromatic rings. The van der Waals surface area contributed by atoms with E-state index in [1.807, 2.05) is 0 Å². The largest absolute Gasteiger partial charge is 0.396 e. The van der Waals surface area contributed by atoms with Crippen molar-refractivity contribution < 1.29 is 4.39 Å². The van der Waals surface area contributed by atoms with Crippen molar-refractivity contribution >= 4 is 28.9 Å². The van der Waals surface area contributed by atoms with Crippen molar-refractivity contribution in [2.45, 2.75) is 0 Å². The van der Waals surface area contributed by atoms with Gasteiger partial charge in [0.15, 0.2) is 0 Å². The minimum atomic E-state index is -0.478. The number of halogens is 3. The minimum absolute atomic E-state index is 0.104. The van der Waals surface area contributed by atoms with Gasteiger partial charge in [0.25, 0.3) is 0 Å². The number of anilines is 1. The Bertz CT molecular complexity index is 520. The lowest BCUT2D eigenvalue weighted by Gasteiger charge is -2.07. The second kappa shape index (κ2) is 4.32. The molecule has 0 radical (unpaired) electrons. The highest BCUT2D eigenvalue weighted by molar-refractivity contribution is 6.39. The van der Waals surface area contributed by atoms with Gasteiger partial charge in [0.1, 0.15) is 5.82 Å². The molecule has 0 aliphatic carbocycles. The van der Waals surface area contributed by atoms with Crippen molar-refractivity contribution in [3.8, 4) is 11.1 Å². The van der Waals surface area contributed by atoms with Crippen LogP contribution in [0.15, 0.2) is 36.4 Å². The van der Waals surface area contributed by atoms with Gasteiger partial charge in [0, 0.05) is 15.6 Å². The van der Waals surface area contributed by atoms with Crippen LogP contribution in [0.25, 0.3) is 11.1 Å². The minimum Gasteiger partial charge on any atom is -0.396 e. The Morgan fingerprint density at radius 3 is 2.19 bits per heavy atom. The number of nitrogen functional groups attached to an aromatic ring is 1. The van der Waals surface area contributed by atoms with Crippen LogP contribution < -0.4 is 5.73 Å². The molecule has 1 nitrogen and oxygen atoms in total. The van der Waals surface area contributed by atoms with Crippen LogP contribution in [0.5, 0.6) is 0 Å². The Labute approximate surface area is 103 Å². The molecule has 0 bridgehead atoms. The van der Waals surface area contributed by atoms with Gasteiger partial charge < -0.3 is 5.73 Å². The van der Waals surface area contributed by atoms with Gasteiger partial charge in [0.2, 0.25) is 0 Å². The fourth-order valence-electron chi connectivity index (χ4n) is 1.46. The van der Waals surface area contributed by atoms with Gasteiger partial charge in [0.05, 0.1) is 5.69 Å². The fourth-order valence-corrected chi connectivity index (χ4v) is 2.07. The Kier molecular flexibility index (Phi) is 3.03. The van der Waals surface area contributed by atoms with Crippen molar-refractivity contribution in [2.75, 3.05) is 5.73 Å². The Morgan fingerprint density at radius 2 is 1.62 bits per heavy atom. The van der Waals surface area contributed by atoms with E-state index in [1.54, 1.807) is 24.3 Å². The maximum atomic E-state index is 13.3. The molecule has 0 atom stereocenters. The number of hydrogen-bond donors (Lipinski definition) is 1. The molecule has 0 aliphatic heterocycles. The topological polar surface area (TPSA) is 26.0 Å². The summed E-state index contributed by atoms with van der Waals surface area (Å²) in [5, 5.41) is 0.966. The molecule has 0 saturated carbocycles. The Balaban J connectivity index is 2.63. The summed E-state index contributed by atoms with van der Waals surface area (Å²) in [5.74, 6) is -0.478. The van der Waals surface area contributed by atoms with Crippen LogP contribution in [0.4, 0.5) is 10.1 Å². The Morgan fingerprint density at radius 1 is 1.00 bits per heavy atom. The van der Waals surface area contributed by atoms with E-state index < -0.39 is 5.82 Å². The first-order chi connectivity index (χ1) is 7.59. The zero-order valence-corrected chi connectivity index (χ0v) is 9.69. The Hall–Kier alpha value is -1.25. The lowest BCUT2D eigenvalue weighted by molar-refractivity contribution is 0.633. The van der Waals surface area contributed by atoms with E-state index in [0.29, 0.717) is 21.2 Å². The molecule has 0 unspecified atom stereocenters. The second-order valence-corrected chi connectivity index (χ2v) is 4.15. The third kappa shape index (κ3) is 1.99. The molecular weight excluding hydrogens is 248 g/mol. The summed E-state index contributed by atoms with van der Waals surface area (Å²) in [4.78, 5) is 0. The van der Waals surface area contributed by atoms with Crippen LogP contribution in [0.3, 0.4) is 0 Å². The van der Waals surface area contributed by atoms with Crippen molar-refractivity contribution in [2.24, 2.45) is 0 Å². The fraction of sp³-hybridized carbons (Fsp3) is 0. The number of nitrogens with two attached hydrogens (primary N) is 1. The van der Waals surface area contributed by atoms with Crippen molar-refractivity contribution in [3.63, 3.8) is 0 Å². The van der Waals surface area contributed by atoms with Crippen molar-refractivity contribution in [3.05, 3.63) is 52.3 Å². The highest BCUT2D eigenvalue weighted by Crippen LogP contribution is 2.35. The molecule has 2 aromatic carbocycles. The molecule has 0 saturated heterocycles. The van der Waals surface area contributed by atoms with Crippen LogP contribution >= 0.6 is 23.2 Å². The molecular formula is C12H8Cl2FN. The average molecular weight is 256 g/mol. The van der Waals surface area contributed by atoms with E-state index in [0.717, 1.165) is 0 Å². The van der Waals surface area contributed by atoms with Gasteiger partial charge in [-0.15, -0.1) is 0 Å².